The number of carbonyl (C=O) groups is 2. The minimum Gasteiger partial charge on any atom is -0.480 e. The van der Waals surface area contributed by atoms with Gasteiger partial charge in [-0.1, -0.05) is 6.42 Å². The van der Waals surface area contributed by atoms with Crippen LogP contribution in [0.1, 0.15) is 29.6 Å². The molecule has 6 heteroatoms. The van der Waals surface area contributed by atoms with Gasteiger partial charge < -0.3 is 14.7 Å². The molecule has 0 bridgehead atoms. The molecule has 0 radical (unpaired) electrons. The molecule has 1 aromatic carbocycles. The van der Waals surface area contributed by atoms with Crippen molar-refractivity contribution in [3.63, 3.8) is 0 Å². The lowest BCUT2D eigenvalue weighted by Gasteiger charge is -2.24. The number of benzene rings is 1. The summed E-state index contributed by atoms with van der Waals surface area (Å²) in [5, 5.41) is 9.61. The molecular formula is C20H20N2O4. The molecule has 3 atom stereocenters. The second-order valence-electron chi connectivity index (χ2n) is 6.91. The fourth-order valence-electron chi connectivity index (χ4n) is 4.21. The van der Waals surface area contributed by atoms with Crippen LogP contribution in [0.25, 0.3) is 0 Å². The molecule has 1 aliphatic carbocycles. The maximum Gasteiger partial charge on any atom is 0.326 e. The lowest BCUT2D eigenvalue weighted by atomic mass is 9.94. The van der Waals surface area contributed by atoms with Crippen molar-refractivity contribution < 1.29 is 19.4 Å². The Balaban J connectivity index is 1.50. The van der Waals surface area contributed by atoms with Crippen molar-refractivity contribution in [2.24, 2.45) is 11.8 Å². The number of carboxylic acids is 1. The van der Waals surface area contributed by atoms with E-state index in [1.54, 1.807) is 48.8 Å². The number of aliphatic carboxylic acids is 1. The maximum atomic E-state index is 12.9. The standard InChI is InChI=1S/C20H20N2O4/c23-19(22-12-14-3-1-5-17(14)18(22)20(24)25)13-6-8-15(9-7-13)26-16-4-2-10-21-11-16/h2,4,6-11,14,17-18H,1,3,5,12H2,(H,24,25). The topological polar surface area (TPSA) is 79.7 Å². The number of pyridine rings is 1. The van der Waals surface area contributed by atoms with E-state index < -0.39 is 12.0 Å². The fraction of sp³-hybridized carbons (Fsp3) is 0.350. The summed E-state index contributed by atoms with van der Waals surface area (Å²) in [5.41, 5.74) is 0.481. The lowest BCUT2D eigenvalue weighted by Crippen LogP contribution is -2.43. The van der Waals surface area contributed by atoms with E-state index in [4.69, 9.17) is 4.74 Å². The van der Waals surface area contributed by atoms with Crippen LogP contribution in [0.2, 0.25) is 0 Å². The molecule has 1 aliphatic heterocycles. The first-order valence-corrected chi connectivity index (χ1v) is 8.85. The van der Waals surface area contributed by atoms with Gasteiger partial charge in [-0.2, -0.15) is 0 Å². The number of hydrogen-bond acceptors (Lipinski definition) is 4. The number of likely N-dealkylation sites (tertiary alicyclic amines) is 1. The molecule has 1 saturated heterocycles. The third kappa shape index (κ3) is 3.03. The van der Waals surface area contributed by atoms with Crippen molar-refractivity contribution >= 4 is 11.9 Å². The number of ether oxygens (including phenoxy) is 1. The van der Waals surface area contributed by atoms with Crippen molar-refractivity contribution in [1.82, 2.24) is 9.88 Å². The Hall–Kier alpha value is -2.89. The third-order valence-electron chi connectivity index (χ3n) is 5.38. The minimum absolute atomic E-state index is 0.0876. The van der Waals surface area contributed by atoms with E-state index in [2.05, 4.69) is 4.98 Å². The average Bonchev–Trinajstić information content (AvgIpc) is 3.23. The van der Waals surface area contributed by atoms with E-state index in [0.717, 1.165) is 19.3 Å². The van der Waals surface area contributed by atoms with Crippen molar-refractivity contribution in [2.75, 3.05) is 6.54 Å². The summed E-state index contributed by atoms with van der Waals surface area (Å²) < 4.78 is 5.68. The second kappa shape index (κ2) is 6.78. The monoisotopic (exact) mass is 352 g/mol. The quantitative estimate of drug-likeness (QED) is 0.914. The van der Waals surface area contributed by atoms with Gasteiger partial charge in [0.15, 0.2) is 0 Å². The summed E-state index contributed by atoms with van der Waals surface area (Å²) in [4.78, 5) is 30.1. The molecule has 6 nitrogen and oxygen atoms in total. The first-order valence-electron chi connectivity index (χ1n) is 8.85. The van der Waals surface area contributed by atoms with Crippen LogP contribution in [0.4, 0.5) is 0 Å². The van der Waals surface area contributed by atoms with Gasteiger partial charge in [0.2, 0.25) is 0 Å². The van der Waals surface area contributed by atoms with Crippen LogP contribution in [0.5, 0.6) is 11.5 Å². The van der Waals surface area contributed by atoms with Gasteiger partial charge in [0.05, 0.1) is 6.20 Å². The van der Waals surface area contributed by atoms with E-state index in [1.165, 1.54) is 4.90 Å². The molecule has 2 fully saturated rings. The summed E-state index contributed by atoms with van der Waals surface area (Å²) in [6.45, 7) is 0.536. The Kier molecular flexibility index (Phi) is 4.32. The van der Waals surface area contributed by atoms with Crippen LogP contribution in [0.3, 0.4) is 0 Å². The molecule has 0 spiro atoms. The van der Waals surface area contributed by atoms with Crippen molar-refractivity contribution in [3.05, 3.63) is 54.4 Å². The van der Waals surface area contributed by atoms with Crippen molar-refractivity contribution in [1.29, 1.82) is 0 Å². The van der Waals surface area contributed by atoms with Crippen molar-refractivity contribution in [3.8, 4) is 11.5 Å². The highest BCUT2D eigenvalue weighted by Gasteiger charge is 2.49. The number of fused-ring (bicyclic) bond motifs is 1. The molecule has 1 N–H and O–H groups in total. The number of amides is 1. The van der Waals surface area contributed by atoms with E-state index in [9.17, 15) is 14.7 Å². The Morgan fingerprint density at radius 3 is 2.62 bits per heavy atom. The van der Waals surface area contributed by atoms with Gasteiger partial charge in [0.1, 0.15) is 17.5 Å². The third-order valence-corrected chi connectivity index (χ3v) is 5.38. The molecule has 26 heavy (non-hydrogen) atoms. The van der Waals surface area contributed by atoms with Crippen LogP contribution < -0.4 is 4.74 Å². The highest BCUT2D eigenvalue weighted by Crippen LogP contribution is 2.42. The van der Waals surface area contributed by atoms with E-state index in [0.29, 0.717) is 29.5 Å². The average molecular weight is 352 g/mol. The Morgan fingerprint density at radius 2 is 1.92 bits per heavy atom. The largest absolute Gasteiger partial charge is 0.480 e. The number of rotatable bonds is 4. The summed E-state index contributed by atoms with van der Waals surface area (Å²) in [6.07, 6.45) is 6.24. The van der Waals surface area contributed by atoms with Crippen LogP contribution >= 0.6 is 0 Å². The summed E-state index contributed by atoms with van der Waals surface area (Å²) in [6, 6.07) is 9.67. The predicted octanol–water partition coefficient (Wildman–Crippen LogP) is 3.20. The van der Waals surface area contributed by atoms with E-state index in [-0.39, 0.29) is 11.8 Å². The Morgan fingerprint density at radius 1 is 1.12 bits per heavy atom. The smallest absolute Gasteiger partial charge is 0.326 e. The molecule has 3 unspecified atom stereocenters. The summed E-state index contributed by atoms with van der Waals surface area (Å²) in [7, 11) is 0. The van der Waals surface area contributed by atoms with E-state index in [1.807, 2.05) is 0 Å². The number of nitrogens with zero attached hydrogens (tertiary/aromatic N) is 2. The number of aromatic nitrogens is 1. The molecule has 134 valence electrons. The first-order chi connectivity index (χ1) is 12.6. The molecule has 1 aromatic heterocycles. The summed E-state index contributed by atoms with van der Waals surface area (Å²) in [5.74, 6) is 0.495. The molecule has 1 amide bonds. The molecular weight excluding hydrogens is 332 g/mol. The van der Waals surface area contributed by atoms with Gasteiger partial charge in [-0.15, -0.1) is 0 Å². The van der Waals surface area contributed by atoms with Crippen molar-refractivity contribution in [2.45, 2.75) is 25.3 Å². The van der Waals surface area contributed by atoms with Gasteiger partial charge in [-0.25, -0.2) is 4.79 Å². The zero-order chi connectivity index (χ0) is 18.1. The fourth-order valence-corrected chi connectivity index (χ4v) is 4.21. The molecule has 4 rings (SSSR count). The Bertz CT molecular complexity index is 806. The maximum absolute atomic E-state index is 12.9. The zero-order valence-corrected chi connectivity index (χ0v) is 14.2. The van der Waals surface area contributed by atoms with Gasteiger partial charge in [-0.05, 0) is 61.1 Å². The van der Waals surface area contributed by atoms with Gasteiger partial charge in [-0.3, -0.25) is 9.78 Å². The second-order valence-corrected chi connectivity index (χ2v) is 6.91. The van der Waals surface area contributed by atoms with Gasteiger partial charge in [0.25, 0.3) is 5.91 Å². The van der Waals surface area contributed by atoms with Crippen LogP contribution in [-0.4, -0.2) is 39.5 Å². The normalized spacial score (nSPS) is 24.3. The Labute approximate surface area is 151 Å². The van der Waals surface area contributed by atoms with Gasteiger partial charge in [0, 0.05) is 18.3 Å². The predicted molar refractivity (Wildman–Crippen MR) is 94.0 cm³/mol. The summed E-state index contributed by atoms with van der Waals surface area (Å²) >= 11 is 0. The first kappa shape index (κ1) is 16.6. The molecule has 2 aliphatic rings. The number of hydrogen-bond donors (Lipinski definition) is 1. The van der Waals surface area contributed by atoms with Crippen LogP contribution in [-0.2, 0) is 4.79 Å². The van der Waals surface area contributed by atoms with Crippen LogP contribution in [0.15, 0.2) is 48.8 Å². The number of carbonyl (C=O) groups excluding carboxylic acids is 1. The van der Waals surface area contributed by atoms with Crippen LogP contribution in [0, 0.1) is 11.8 Å². The lowest BCUT2D eigenvalue weighted by molar-refractivity contribution is -0.142. The molecule has 2 heterocycles. The highest BCUT2D eigenvalue weighted by molar-refractivity contribution is 5.97. The number of carboxylic acid groups (broad SMARTS) is 1. The molecule has 1 saturated carbocycles. The SMILES string of the molecule is O=C(O)C1C2CCCC2CN1C(=O)c1ccc(Oc2cccnc2)cc1. The van der Waals surface area contributed by atoms with E-state index >= 15 is 0 Å². The molecule has 2 aromatic rings. The van der Waals surface area contributed by atoms with Gasteiger partial charge >= 0.3 is 5.97 Å². The highest BCUT2D eigenvalue weighted by atomic mass is 16.5. The minimum atomic E-state index is -0.899. The zero-order valence-electron chi connectivity index (χ0n) is 14.2.